The van der Waals surface area contributed by atoms with Gasteiger partial charge in [0, 0.05) is 24.6 Å². The summed E-state index contributed by atoms with van der Waals surface area (Å²) in [6.45, 7) is 9.06. The van der Waals surface area contributed by atoms with Gasteiger partial charge in [0.1, 0.15) is 0 Å². The molecule has 0 atom stereocenters. The van der Waals surface area contributed by atoms with Gasteiger partial charge in [0.05, 0.1) is 0 Å². The Kier molecular flexibility index (Phi) is 7.18. The van der Waals surface area contributed by atoms with Crippen LogP contribution in [0.1, 0.15) is 20.8 Å². The normalized spacial score (nSPS) is 19.4. The lowest BCUT2D eigenvalue weighted by atomic mass is 10.3. The second kappa shape index (κ2) is 6.99. The van der Waals surface area contributed by atoms with Crippen molar-refractivity contribution in [1.29, 1.82) is 0 Å². The first kappa shape index (κ1) is 11.3. The van der Waals surface area contributed by atoms with Gasteiger partial charge < -0.3 is 4.90 Å². The van der Waals surface area contributed by atoms with Crippen LogP contribution in [0.4, 0.5) is 0 Å². The maximum atomic E-state index is 2.37. The topological polar surface area (TPSA) is 3.24 Å². The third-order valence-electron chi connectivity index (χ3n) is 1.23. The van der Waals surface area contributed by atoms with Gasteiger partial charge in [-0.15, -0.1) is 0 Å². The quantitative estimate of drug-likeness (QED) is 0.556. The third-order valence-corrected chi connectivity index (χ3v) is 2.18. The van der Waals surface area contributed by atoms with Crippen LogP contribution in [0.2, 0.25) is 0 Å². The Morgan fingerprint density at radius 1 is 1.09 bits per heavy atom. The fourth-order valence-electron chi connectivity index (χ4n) is 0.655. The minimum Gasteiger partial charge on any atom is -0.305 e. The molecule has 0 aliphatic carbocycles. The molecule has 0 radical (unpaired) electrons. The van der Waals surface area contributed by atoms with Crippen molar-refractivity contribution in [2.75, 3.05) is 31.6 Å². The van der Waals surface area contributed by atoms with E-state index in [0.29, 0.717) is 0 Å². The molecule has 0 aromatic carbocycles. The Morgan fingerprint density at radius 3 is 1.64 bits per heavy atom. The summed E-state index contributed by atoms with van der Waals surface area (Å²) in [5.74, 6) is 3.49. The van der Waals surface area contributed by atoms with E-state index in [9.17, 15) is 0 Å². The zero-order valence-corrected chi connectivity index (χ0v) is 9.08. The fourth-order valence-corrected chi connectivity index (χ4v) is 1.74. The Hall–Kier alpha value is 0.310. The van der Waals surface area contributed by atoms with E-state index in [-0.39, 0.29) is 0 Å². The number of hydrogen-bond acceptors (Lipinski definition) is 2. The Labute approximate surface area is 75.5 Å². The van der Waals surface area contributed by atoms with Gasteiger partial charge in [0.2, 0.25) is 0 Å². The third kappa shape index (κ3) is 10.3. The van der Waals surface area contributed by atoms with Crippen molar-refractivity contribution in [1.82, 2.24) is 4.90 Å². The summed E-state index contributed by atoms with van der Waals surface area (Å²) in [4.78, 5) is 2.37. The summed E-state index contributed by atoms with van der Waals surface area (Å²) >= 11 is 2.06. The van der Waals surface area contributed by atoms with E-state index in [0.717, 1.165) is 5.92 Å². The van der Waals surface area contributed by atoms with Crippen molar-refractivity contribution >= 4 is 11.8 Å². The molecule has 68 valence electrons. The first-order chi connectivity index (χ1) is 5.13. The van der Waals surface area contributed by atoms with E-state index in [1.54, 1.807) is 0 Å². The summed E-state index contributed by atoms with van der Waals surface area (Å²) in [5.41, 5.74) is 0. The highest BCUT2D eigenvalue weighted by atomic mass is 32.2. The van der Waals surface area contributed by atoms with Crippen molar-refractivity contribution in [2.24, 2.45) is 5.92 Å². The van der Waals surface area contributed by atoms with E-state index in [1.165, 1.54) is 24.6 Å². The molecule has 1 aliphatic heterocycles. The van der Waals surface area contributed by atoms with Crippen molar-refractivity contribution in [3.8, 4) is 0 Å². The van der Waals surface area contributed by atoms with Crippen molar-refractivity contribution in [2.45, 2.75) is 20.8 Å². The largest absolute Gasteiger partial charge is 0.305 e. The van der Waals surface area contributed by atoms with Crippen LogP contribution in [0.15, 0.2) is 0 Å². The molecular weight excluding hydrogens is 154 g/mol. The molecule has 2 heteroatoms. The van der Waals surface area contributed by atoms with Gasteiger partial charge in [-0.3, -0.25) is 0 Å². The lowest BCUT2D eigenvalue weighted by Gasteiger charge is -2.20. The van der Waals surface area contributed by atoms with E-state index >= 15 is 0 Å². The molecule has 0 N–H and O–H groups in total. The minimum absolute atomic E-state index is 0.833. The predicted molar refractivity (Wildman–Crippen MR) is 55.3 cm³/mol. The van der Waals surface area contributed by atoms with Crippen LogP contribution in [0.25, 0.3) is 0 Å². The van der Waals surface area contributed by atoms with Crippen LogP contribution in [-0.4, -0.2) is 36.5 Å². The van der Waals surface area contributed by atoms with Crippen molar-refractivity contribution < 1.29 is 0 Å². The Bertz CT molecular complexity index is 74.9. The van der Waals surface area contributed by atoms with Gasteiger partial charge in [-0.2, -0.15) is 11.8 Å². The number of thioether (sulfide) groups is 1. The average Bonchev–Trinajstić information content (AvgIpc) is 1.87. The molecule has 0 aromatic heterocycles. The summed E-state index contributed by atoms with van der Waals surface area (Å²) in [6.07, 6.45) is 0. The average molecular weight is 175 g/mol. The molecule has 0 bridgehead atoms. The first-order valence-electron chi connectivity index (χ1n) is 4.39. The maximum absolute atomic E-state index is 2.37. The molecule has 0 aromatic rings. The predicted octanol–water partition coefficient (Wildman–Crippen LogP) is 2.33. The zero-order chi connectivity index (χ0) is 8.69. The molecule has 0 unspecified atom stereocenters. The molecule has 0 saturated carbocycles. The van der Waals surface area contributed by atoms with Crippen LogP contribution < -0.4 is 0 Å². The SMILES string of the molecule is CC(C)C.CN1CCSCC1. The van der Waals surface area contributed by atoms with Gasteiger partial charge in [-0.05, 0) is 13.0 Å². The van der Waals surface area contributed by atoms with E-state index in [1.807, 2.05) is 0 Å². The zero-order valence-electron chi connectivity index (χ0n) is 8.26. The van der Waals surface area contributed by atoms with Crippen LogP contribution in [-0.2, 0) is 0 Å². The smallest absolute Gasteiger partial charge is 0.00696 e. The summed E-state index contributed by atoms with van der Waals surface area (Å²) < 4.78 is 0. The number of hydrogen-bond donors (Lipinski definition) is 0. The second-order valence-corrected chi connectivity index (χ2v) is 4.87. The van der Waals surface area contributed by atoms with Crippen LogP contribution >= 0.6 is 11.8 Å². The highest BCUT2D eigenvalue weighted by Crippen LogP contribution is 2.05. The van der Waals surface area contributed by atoms with Gasteiger partial charge in [0.15, 0.2) is 0 Å². The van der Waals surface area contributed by atoms with Crippen LogP contribution in [0.3, 0.4) is 0 Å². The Balaban J connectivity index is 0.000000218. The molecule has 1 aliphatic rings. The molecule has 1 saturated heterocycles. The van der Waals surface area contributed by atoms with Crippen molar-refractivity contribution in [3.63, 3.8) is 0 Å². The molecule has 0 amide bonds. The standard InChI is InChI=1S/C5H11NS.C4H10/c1-6-2-4-7-5-3-6;1-4(2)3/h2-5H2,1H3;4H,1-3H3. The summed E-state index contributed by atoms with van der Waals surface area (Å²) in [6, 6.07) is 0. The Morgan fingerprint density at radius 2 is 1.45 bits per heavy atom. The van der Waals surface area contributed by atoms with Gasteiger partial charge in [-0.25, -0.2) is 0 Å². The lowest BCUT2D eigenvalue weighted by Crippen LogP contribution is -2.28. The number of rotatable bonds is 0. The molecular formula is C9H21NS. The fraction of sp³-hybridized carbons (Fsp3) is 1.00. The summed E-state index contributed by atoms with van der Waals surface area (Å²) in [5, 5.41) is 0. The lowest BCUT2D eigenvalue weighted by molar-refractivity contribution is 0.372. The minimum atomic E-state index is 0.833. The van der Waals surface area contributed by atoms with E-state index < -0.39 is 0 Å². The van der Waals surface area contributed by atoms with Crippen LogP contribution in [0.5, 0.6) is 0 Å². The van der Waals surface area contributed by atoms with Gasteiger partial charge in [-0.1, -0.05) is 20.8 Å². The monoisotopic (exact) mass is 175 g/mol. The molecule has 11 heavy (non-hydrogen) atoms. The van der Waals surface area contributed by atoms with E-state index in [2.05, 4.69) is 44.5 Å². The highest BCUT2D eigenvalue weighted by Gasteiger charge is 2.02. The first-order valence-corrected chi connectivity index (χ1v) is 5.54. The highest BCUT2D eigenvalue weighted by molar-refractivity contribution is 7.99. The second-order valence-electron chi connectivity index (χ2n) is 3.65. The summed E-state index contributed by atoms with van der Waals surface area (Å²) in [7, 11) is 2.18. The van der Waals surface area contributed by atoms with Gasteiger partial charge >= 0.3 is 0 Å². The maximum Gasteiger partial charge on any atom is 0.00696 e. The molecule has 1 nitrogen and oxygen atoms in total. The molecule has 0 spiro atoms. The molecule has 1 fully saturated rings. The van der Waals surface area contributed by atoms with Crippen LogP contribution in [0, 0.1) is 5.92 Å². The van der Waals surface area contributed by atoms with Gasteiger partial charge in [0.25, 0.3) is 0 Å². The van der Waals surface area contributed by atoms with E-state index in [4.69, 9.17) is 0 Å². The molecule has 1 heterocycles. The van der Waals surface area contributed by atoms with Crippen molar-refractivity contribution in [3.05, 3.63) is 0 Å². The molecule has 1 rings (SSSR count). The number of nitrogens with zero attached hydrogens (tertiary/aromatic N) is 1.